The van der Waals surface area contributed by atoms with Gasteiger partial charge in [-0.2, -0.15) is 5.26 Å². The van der Waals surface area contributed by atoms with Gasteiger partial charge in [-0.15, -0.1) is 0 Å². The molecule has 7 heteroatoms. The van der Waals surface area contributed by atoms with Gasteiger partial charge in [-0.1, -0.05) is 0 Å². The number of esters is 1. The lowest BCUT2D eigenvalue weighted by Gasteiger charge is -2.18. The molecule has 140 valence electrons. The Morgan fingerprint density at radius 1 is 0.963 bits per heavy atom. The molecule has 27 heavy (non-hydrogen) atoms. The molecule has 0 spiro atoms. The molecule has 0 aliphatic carbocycles. The van der Waals surface area contributed by atoms with Crippen molar-refractivity contribution in [3.63, 3.8) is 0 Å². The van der Waals surface area contributed by atoms with Crippen molar-refractivity contribution in [2.24, 2.45) is 0 Å². The highest BCUT2D eigenvalue weighted by Gasteiger charge is 2.23. The maximum Gasteiger partial charge on any atom is 0.347 e. The number of nitrogens with one attached hydrogen (secondary N) is 1. The number of anilines is 1. The normalized spacial score (nSPS) is 12.2. The molecule has 0 saturated heterocycles. The van der Waals surface area contributed by atoms with Crippen LogP contribution in [0, 0.1) is 11.3 Å². The van der Waals surface area contributed by atoms with E-state index >= 15 is 0 Å². The van der Waals surface area contributed by atoms with Gasteiger partial charge in [0.05, 0.1) is 18.7 Å². The maximum atomic E-state index is 12.2. The number of hydrogen-bond donors (Lipinski definition) is 1. The summed E-state index contributed by atoms with van der Waals surface area (Å²) in [5.74, 6) is -0.0362. The van der Waals surface area contributed by atoms with Crippen LogP contribution in [0.2, 0.25) is 0 Å². The summed E-state index contributed by atoms with van der Waals surface area (Å²) in [6, 6.07) is 15.1. The molecule has 2 rings (SSSR count). The molecular weight excluding hydrogens is 348 g/mol. The highest BCUT2D eigenvalue weighted by Crippen LogP contribution is 2.16. The minimum atomic E-state index is -0.994. The van der Waals surface area contributed by atoms with E-state index in [1.54, 1.807) is 55.6 Å². The van der Waals surface area contributed by atoms with Crippen molar-refractivity contribution in [1.29, 1.82) is 5.26 Å². The van der Waals surface area contributed by atoms with Crippen molar-refractivity contribution < 1.29 is 23.8 Å². The molecule has 0 aromatic heterocycles. The van der Waals surface area contributed by atoms with Crippen LogP contribution in [0.4, 0.5) is 5.69 Å². The van der Waals surface area contributed by atoms with Gasteiger partial charge >= 0.3 is 5.97 Å². The van der Waals surface area contributed by atoms with Crippen LogP contribution >= 0.6 is 0 Å². The second-order valence-corrected chi connectivity index (χ2v) is 5.69. The SMILES string of the molecule is COc1ccc(NC(=O)[C@H](C)OC(=O)[C@H](C)Oc2ccc(C#N)cc2)cc1. The Bertz CT molecular complexity index is 825. The Balaban J connectivity index is 1.86. The van der Waals surface area contributed by atoms with E-state index in [1.165, 1.54) is 13.8 Å². The van der Waals surface area contributed by atoms with E-state index in [-0.39, 0.29) is 0 Å². The second kappa shape index (κ2) is 9.25. The average Bonchev–Trinajstić information content (AvgIpc) is 2.68. The van der Waals surface area contributed by atoms with Crippen LogP contribution in [0.25, 0.3) is 0 Å². The predicted molar refractivity (Wildman–Crippen MR) is 98.4 cm³/mol. The zero-order valence-electron chi connectivity index (χ0n) is 15.3. The quantitative estimate of drug-likeness (QED) is 0.755. The second-order valence-electron chi connectivity index (χ2n) is 5.69. The molecule has 0 radical (unpaired) electrons. The van der Waals surface area contributed by atoms with Gasteiger partial charge in [-0.3, -0.25) is 4.79 Å². The Labute approximate surface area is 157 Å². The van der Waals surface area contributed by atoms with E-state index in [2.05, 4.69) is 5.32 Å². The zero-order chi connectivity index (χ0) is 19.8. The van der Waals surface area contributed by atoms with E-state index in [0.717, 1.165) is 0 Å². The van der Waals surface area contributed by atoms with Crippen molar-refractivity contribution in [2.75, 3.05) is 12.4 Å². The third-order valence-electron chi connectivity index (χ3n) is 3.65. The molecule has 0 unspecified atom stereocenters. The van der Waals surface area contributed by atoms with Crippen molar-refractivity contribution in [3.8, 4) is 17.6 Å². The lowest BCUT2D eigenvalue weighted by Crippen LogP contribution is -2.35. The van der Waals surface area contributed by atoms with E-state index in [4.69, 9.17) is 19.5 Å². The van der Waals surface area contributed by atoms with Crippen molar-refractivity contribution in [2.45, 2.75) is 26.1 Å². The number of hydrogen-bond acceptors (Lipinski definition) is 6. The number of carbonyl (C=O) groups is 2. The molecule has 2 aromatic rings. The van der Waals surface area contributed by atoms with Crippen LogP contribution in [0.1, 0.15) is 19.4 Å². The highest BCUT2D eigenvalue weighted by molar-refractivity contribution is 5.95. The van der Waals surface area contributed by atoms with E-state index in [1.807, 2.05) is 6.07 Å². The summed E-state index contributed by atoms with van der Waals surface area (Å²) >= 11 is 0. The molecule has 0 bridgehead atoms. The number of amides is 1. The van der Waals surface area contributed by atoms with Gasteiger partial charge in [-0.05, 0) is 62.4 Å². The van der Waals surface area contributed by atoms with Crippen LogP contribution in [0.15, 0.2) is 48.5 Å². The minimum absolute atomic E-state index is 0.425. The molecule has 1 amide bonds. The highest BCUT2D eigenvalue weighted by atomic mass is 16.6. The van der Waals surface area contributed by atoms with Crippen LogP contribution in [-0.4, -0.2) is 31.2 Å². The van der Waals surface area contributed by atoms with Gasteiger partial charge in [0.15, 0.2) is 12.2 Å². The Hall–Kier alpha value is -3.53. The molecule has 0 fully saturated rings. The fraction of sp³-hybridized carbons (Fsp3) is 0.250. The van der Waals surface area contributed by atoms with E-state index in [9.17, 15) is 9.59 Å². The lowest BCUT2D eigenvalue weighted by molar-refractivity contribution is -0.159. The van der Waals surface area contributed by atoms with Gasteiger partial charge < -0.3 is 19.5 Å². The fourth-order valence-electron chi connectivity index (χ4n) is 2.10. The molecule has 0 saturated carbocycles. The number of ether oxygens (including phenoxy) is 3. The van der Waals surface area contributed by atoms with Gasteiger partial charge in [0.2, 0.25) is 0 Å². The molecule has 2 aromatic carbocycles. The zero-order valence-corrected chi connectivity index (χ0v) is 15.3. The largest absolute Gasteiger partial charge is 0.497 e. The van der Waals surface area contributed by atoms with Crippen LogP contribution in [0.5, 0.6) is 11.5 Å². The van der Waals surface area contributed by atoms with Crippen LogP contribution < -0.4 is 14.8 Å². The summed E-state index contributed by atoms with van der Waals surface area (Å²) < 4.78 is 15.7. The average molecular weight is 368 g/mol. The maximum absolute atomic E-state index is 12.2. The smallest absolute Gasteiger partial charge is 0.347 e. The van der Waals surface area contributed by atoms with Gasteiger partial charge in [0, 0.05) is 5.69 Å². The molecular formula is C20H20N2O5. The van der Waals surface area contributed by atoms with Crippen molar-refractivity contribution in [1.82, 2.24) is 0 Å². The number of methoxy groups -OCH3 is 1. The molecule has 2 atom stereocenters. The first-order valence-electron chi connectivity index (χ1n) is 8.25. The standard InChI is InChI=1S/C20H20N2O5/c1-13(19(23)22-16-6-10-17(25-3)11-7-16)27-20(24)14(2)26-18-8-4-15(12-21)5-9-18/h4-11,13-14H,1-3H3,(H,22,23)/t13-,14-/m0/s1. The number of benzene rings is 2. The van der Waals surface area contributed by atoms with Gasteiger partial charge in [-0.25, -0.2) is 4.79 Å². The number of nitriles is 1. The van der Waals surface area contributed by atoms with E-state index in [0.29, 0.717) is 22.7 Å². The molecule has 0 aliphatic rings. The Kier molecular flexibility index (Phi) is 6.78. The third kappa shape index (κ3) is 5.75. The first-order chi connectivity index (χ1) is 12.9. The molecule has 0 aliphatic heterocycles. The van der Waals surface area contributed by atoms with Crippen molar-refractivity contribution in [3.05, 3.63) is 54.1 Å². The summed E-state index contributed by atoms with van der Waals surface area (Å²) in [4.78, 5) is 24.3. The molecule has 1 N–H and O–H groups in total. The first-order valence-corrected chi connectivity index (χ1v) is 8.25. The number of nitrogens with zero attached hydrogens (tertiary/aromatic N) is 1. The summed E-state index contributed by atoms with van der Waals surface area (Å²) in [6.45, 7) is 3.00. The summed E-state index contributed by atoms with van der Waals surface area (Å²) in [6.07, 6.45) is -1.90. The van der Waals surface area contributed by atoms with Crippen LogP contribution in [-0.2, 0) is 14.3 Å². The number of carbonyl (C=O) groups excluding carboxylic acids is 2. The number of rotatable bonds is 7. The Morgan fingerprint density at radius 2 is 1.56 bits per heavy atom. The van der Waals surface area contributed by atoms with Gasteiger partial charge in [0.25, 0.3) is 5.91 Å². The lowest BCUT2D eigenvalue weighted by atomic mass is 10.2. The third-order valence-corrected chi connectivity index (χ3v) is 3.65. The summed E-state index contributed by atoms with van der Waals surface area (Å²) in [7, 11) is 1.55. The minimum Gasteiger partial charge on any atom is -0.497 e. The van der Waals surface area contributed by atoms with Crippen molar-refractivity contribution >= 4 is 17.6 Å². The first kappa shape index (κ1) is 19.8. The summed E-state index contributed by atoms with van der Waals surface area (Å²) in [5, 5.41) is 11.4. The van der Waals surface area contributed by atoms with Gasteiger partial charge in [0.1, 0.15) is 11.5 Å². The predicted octanol–water partition coefficient (Wildman–Crippen LogP) is 2.90. The fourth-order valence-corrected chi connectivity index (χ4v) is 2.10. The monoisotopic (exact) mass is 368 g/mol. The topological polar surface area (TPSA) is 97.7 Å². The van der Waals surface area contributed by atoms with E-state index < -0.39 is 24.1 Å². The van der Waals surface area contributed by atoms with Crippen LogP contribution in [0.3, 0.4) is 0 Å². The summed E-state index contributed by atoms with van der Waals surface area (Å²) in [5.41, 5.74) is 1.05. The molecule has 7 nitrogen and oxygen atoms in total. The Morgan fingerprint density at radius 3 is 2.11 bits per heavy atom. The molecule has 0 heterocycles.